The molecule has 1 N–H and O–H groups in total. The summed E-state index contributed by atoms with van der Waals surface area (Å²) in [4.78, 5) is 2.28. The van der Waals surface area contributed by atoms with E-state index < -0.39 is 6.61 Å². The molecule has 1 saturated heterocycles. The van der Waals surface area contributed by atoms with Crippen LogP contribution in [0.1, 0.15) is 18.4 Å². The van der Waals surface area contributed by atoms with Gasteiger partial charge >= 0.3 is 6.61 Å². The van der Waals surface area contributed by atoms with Gasteiger partial charge in [0.25, 0.3) is 0 Å². The van der Waals surface area contributed by atoms with Gasteiger partial charge in [-0.1, -0.05) is 18.2 Å². The van der Waals surface area contributed by atoms with E-state index in [9.17, 15) is 8.78 Å². The topological polar surface area (TPSA) is 24.5 Å². The van der Waals surface area contributed by atoms with Crippen LogP contribution in [0.5, 0.6) is 5.75 Å². The molecular weight excluding hydrogens is 286 g/mol. The van der Waals surface area contributed by atoms with Crippen molar-refractivity contribution in [1.29, 1.82) is 0 Å². The third-order valence-corrected chi connectivity index (χ3v) is 3.58. The fourth-order valence-electron chi connectivity index (χ4n) is 2.47. The summed E-state index contributed by atoms with van der Waals surface area (Å²) in [5.41, 5.74) is 0.825. The summed E-state index contributed by atoms with van der Waals surface area (Å²) < 4.78 is 29.2. The molecular formula is C14H21ClF2N2O. The first kappa shape index (κ1) is 17.1. The minimum absolute atomic E-state index is 0. The second kappa shape index (κ2) is 8.39. The Morgan fingerprint density at radius 3 is 2.55 bits per heavy atom. The Bertz CT molecular complexity index is 399. The fraction of sp³-hybridized carbons (Fsp3) is 0.571. The molecule has 2 rings (SSSR count). The lowest BCUT2D eigenvalue weighted by atomic mass is 10.0. The average Bonchev–Trinajstić information content (AvgIpc) is 2.41. The highest BCUT2D eigenvalue weighted by molar-refractivity contribution is 5.85. The predicted octanol–water partition coefficient (Wildman–Crippen LogP) is 2.89. The smallest absolute Gasteiger partial charge is 0.387 e. The van der Waals surface area contributed by atoms with E-state index in [1.165, 1.54) is 0 Å². The molecule has 0 atom stereocenters. The number of hydrogen-bond acceptors (Lipinski definition) is 3. The first-order valence-electron chi connectivity index (χ1n) is 6.61. The summed E-state index contributed by atoms with van der Waals surface area (Å²) in [7, 11) is 1.98. The summed E-state index contributed by atoms with van der Waals surface area (Å²) in [6.45, 7) is -0.140. The minimum atomic E-state index is -2.77. The van der Waals surface area contributed by atoms with Gasteiger partial charge in [-0.2, -0.15) is 8.78 Å². The van der Waals surface area contributed by atoms with Crippen LogP contribution in [0.3, 0.4) is 0 Å². The van der Waals surface area contributed by atoms with E-state index in [0.29, 0.717) is 12.6 Å². The maximum absolute atomic E-state index is 12.3. The second-order valence-electron chi connectivity index (χ2n) is 4.83. The van der Waals surface area contributed by atoms with Gasteiger partial charge in [0.1, 0.15) is 5.75 Å². The number of nitrogens with zero attached hydrogens (tertiary/aromatic N) is 1. The van der Waals surface area contributed by atoms with Crippen molar-refractivity contribution in [1.82, 2.24) is 10.2 Å². The van der Waals surface area contributed by atoms with Crippen LogP contribution in [-0.2, 0) is 6.54 Å². The SMILES string of the molecule is CNC1CCN(Cc2ccccc2OC(F)F)CC1.Cl. The molecule has 3 nitrogen and oxygen atoms in total. The van der Waals surface area contributed by atoms with E-state index in [1.807, 2.05) is 19.2 Å². The van der Waals surface area contributed by atoms with Crippen molar-refractivity contribution in [3.8, 4) is 5.75 Å². The molecule has 114 valence electrons. The average molecular weight is 307 g/mol. The van der Waals surface area contributed by atoms with Crippen molar-refractivity contribution in [3.63, 3.8) is 0 Å². The van der Waals surface area contributed by atoms with Crippen LogP contribution < -0.4 is 10.1 Å². The van der Waals surface area contributed by atoms with Gasteiger partial charge in [0.15, 0.2) is 0 Å². The third kappa shape index (κ3) is 4.89. The first-order chi connectivity index (χ1) is 9.19. The van der Waals surface area contributed by atoms with Gasteiger partial charge in [0.05, 0.1) is 0 Å². The molecule has 1 aliphatic rings. The fourth-order valence-corrected chi connectivity index (χ4v) is 2.47. The Balaban J connectivity index is 0.00000200. The molecule has 1 aliphatic heterocycles. The van der Waals surface area contributed by atoms with Crippen LogP contribution in [0.4, 0.5) is 8.78 Å². The zero-order chi connectivity index (χ0) is 13.7. The van der Waals surface area contributed by atoms with Gasteiger partial charge in [-0.3, -0.25) is 4.90 Å². The largest absolute Gasteiger partial charge is 0.434 e. The van der Waals surface area contributed by atoms with Crippen molar-refractivity contribution >= 4 is 12.4 Å². The summed E-state index contributed by atoms with van der Waals surface area (Å²) >= 11 is 0. The molecule has 0 aromatic heterocycles. The highest BCUT2D eigenvalue weighted by atomic mass is 35.5. The monoisotopic (exact) mass is 306 g/mol. The van der Waals surface area contributed by atoms with Gasteiger partial charge in [0.2, 0.25) is 0 Å². The van der Waals surface area contributed by atoms with Crippen LogP contribution in [0.15, 0.2) is 24.3 Å². The normalized spacial score (nSPS) is 17.0. The number of para-hydroxylation sites is 1. The van der Waals surface area contributed by atoms with Crippen molar-refractivity contribution in [2.24, 2.45) is 0 Å². The number of hydrogen-bond donors (Lipinski definition) is 1. The number of piperidine rings is 1. The molecule has 1 aromatic rings. The van der Waals surface area contributed by atoms with Gasteiger partial charge in [-0.15, -0.1) is 12.4 Å². The standard InChI is InChI=1S/C14H20F2N2O.ClH/c1-17-12-6-8-18(9-7-12)10-11-4-2-3-5-13(11)19-14(15)16;/h2-5,12,14,17H,6-10H2,1H3;1H. The van der Waals surface area contributed by atoms with Gasteiger partial charge in [-0.25, -0.2) is 0 Å². The Labute approximate surface area is 124 Å². The molecule has 0 bridgehead atoms. The molecule has 0 amide bonds. The predicted molar refractivity (Wildman–Crippen MR) is 77.7 cm³/mol. The summed E-state index contributed by atoms with van der Waals surface area (Å²) in [5.74, 6) is 0.285. The molecule has 6 heteroatoms. The van der Waals surface area contributed by atoms with E-state index in [4.69, 9.17) is 0 Å². The first-order valence-corrected chi connectivity index (χ1v) is 6.61. The molecule has 1 heterocycles. The van der Waals surface area contributed by atoms with Crippen LogP contribution in [0, 0.1) is 0 Å². The van der Waals surface area contributed by atoms with E-state index in [2.05, 4.69) is 15.0 Å². The number of alkyl halides is 2. The molecule has 0 unspecified atom stereocenters. The lowest BCUT2D eigenvalue weighted by Crippen LogP contribution is -2.40. The van der Waals surface area contributed by atoms with Crippen molar-refractivity contribution in [2.75, 3.05) is 20.1 Å². The molecule has 0 spiro atoms. The Kier molecular flexibility index (Phi) is 7.19. The maximum Gasteiger partial charge on any atom is 0.387 e. The number of nitrogens with one attached hydrogen (secondary N) is 1. The number of halogens is 3. The van der Waals surface area contributed by atoms with Crippen LogP contribution in [0.25, 0.3) is 0 Å². The Morgan fingerprint density at radius 2 is 1.95 bits per heavy atom. The second-order valence-corrected chi connectivity index (χ2v) is 4.83. The third-order valence-electron chi connectivity index (χ3n) is 3.58. The molecule has 0 radical (unpaired) electrons. The lowest BCUT2D eigenvalue weighted by Gasteiger charge is -2.32. The lowest BCUT2D eigenvalue weighted by molar-refractivity contribution is -0.0508. The Hall–Kier alpha value is -0.910. The van der Waals surface area contributed by atoms with Crippen LogP contribution in [-0.4, -0.2) is 37.7 Å². The molecule has 0 saturated carbocycles. The van der Waals surface area contributed by atoms with Crippen molar-refractivity contribution in [2.45, 2.75) is 32.0 Å². The molecule has 20 heavy (non-hydrogen) atoms. The molecule has 1 fully saturated rings. The zero-order valence-electron chi connectivity index (χ0n) is 11.5. The van der Waals surface area contributed by atoms with E-state index in [1.54, 1.807) is 12.1 Å². The van der Waals surface area contributed by atoms with Gasteiger partial charge < -0.3 is 10.1 Å². The Morgan fingerprint density at radius 1 is 1.30 bits per heavy atom. The van der Waals surface area contributed by atoms with E-state index >= 15 is 0 Å². The van der Waals surface area contributed by atoms with Gasteiger partial charge in [0, 0.05) is 18.2 Å². The summed E-state index contributed by atoms with van der Waals surface area (Å²) in [6.07, 6.45) is 2.18. The van der Waals surface area contributed by atoms with E-state index in [0.717, 1.165) is 31.5 Å². The van der Waals surface area contributed by atoms with Gasteiger partial charge in [-0.05, 0) is 39.0 Å². The number of ether oxygens (including phenoxy) is 1. The molecule has 1 aromatic carbocycles. The quantitative estimate of drug-likeness (QED) is 0.905. The van der Waals surface area contributed by atoms with Crippen LogP contribution >= 0.6 is 12.4 Å². The highest BCUT2D eigenvalue weighted by Crippen LogP contribution is 2.23. The van der Waals surface area contributed by atoms with Crippen LogP contribution in [0.2, 0.25) is 0 Å². The minimum Gasteiger partial charge on any atom is -0.434 e. The summed E-state index contributed by atoms with van der Waals surface area (Å²) in [5, 5.41) is 3.28. The zero-order valence-corrected chi connectivity index (χ0v) is 12.3. The van der Waals surface area contributed by atoms with Crippen molar-refractivity contribution in [3.05, 3.63) is 29.8 Å². The molecule has 0 aliphatic carbocycles. The number of likely N-dealkylation sites (tertiary alicyclic amines) is 1. The van der Waals surface area contributed by atoms with Crippen molar-refractivity contribution < 1.29 is 13.5 Å². The maximum atomic E-state index is 12.3. The summed E-state index contributed by atoms with van der Waals surface area (Å²) in [6, 6.07) is 7.59. The highest BCUT2D eigenvalue weighted by Gasteiger charge is 2.19. The number of benzene rings is 1. The number of rotatable bonds is 5. The van der Waals surface area contributed by atoms with E-state index in [-0.39, 0.29) is 18.2 Å².